The average Bonchev–Trinajstić information content (AvgIpc) is 2.78. The Balaban J connectivity index is 1.69. The molecule has 32 heavy (non-hydrogen) atoms. The van der Waals surface area contributed by atoms with Crippen LogP contribution in [0, 0.1) is 11.3 Å². The van der Waals surface area contributed by atoms with Crippen LogP contribution in [0.1, 0.15) is 5.69 Å². The van der Waals surface area contributed by atoms with Crippen molar-refractivity contribution in [1.82, 2.24) is 25.0 Å². The summed E-state index contributed by atoms with van der Waals surface area (Å²) in [5.74, 6) is 0.0521. The summed E-state index contributed by atoms with van der Waals surface area (Å²) in [6, 6.07) is 5.67. The summed E-state index contributed by atoms with van der Waals surface area (Å²) < 4.78 is 11.8. The molecule has 12 nitrogen and oxygen atoms in total. The fraction of sp³-hybridized carbons (Fsp3) is 0.222. The zero-order chi connectivity index (χ0) is 22.8. The number of hydrogen-bond acceptors (Lipinski definition) is 9. The molecule has 0 atom stereocenters. The van der Waals surface area contributed by atoms with Crippen molar-refractivity contribution in [2.24, 2.45) is 0 Å². The number of ether oxygens (including phenoxy) is 2. The van der Waals surface area contributed by atoms with E-state index in [0.29, 0.717) is 32.0 Å². The van der Waals surface area contributed by atoms with Gasteiger partial charge in [0.15, 0.2) is 5.75 Å². The molecular formula is C18H13Cl2N7O5. The van der Waals surface area contributed by atoms with Crippen LogP contribution in [0.5, 0.6) is 11.6 Å². The van der Waals surface area contributed by atoms with Gasteiger partial charge in [-0.15, -0.1) is 10.2 Å². The van der Waals surface area contributed by atoms with Gasteiger partial charge in [-0.05, 0) is 12.1 Å². The number of hydrogen-bond donors (Lipinski definition) is 2. The first-order valence-electron chi connectivity index (χ1n) is 9.11. The van der Waals surface area contributed by atoms with Gasteiger partial charge in [-0.3, -0.25) is 14.6 Å². The average molecular weight is 478 g/mol. The minimum atomic E-state index is -0.911. The van der Waals surface area contributed by atoms with Gasteiger partial charge in [0.2, 0.25) is 11.6 Å². The molecule has 1 saturated heterocycles. The number of rotatable bonds is 4. The first-order valence-corrected chi connectivity index (χ1v) is 9.86. The molecule has 0 bridgehead atoms. The summed E-state index contributed by atoms with van der Waals surface area (Å²) in [6.07, 6.45) is 0. The topological polar surface area (TPSA) is 159 Å². The van der Waals surface area contributed by atoms with E-state index in [1.807, 2.05) is 9.88 Å². The van der Waals surface area contributed by atoms with E-state index in [-0.39, 0.29) is 32.9 Å². The molecule has 0 amide bonds. The predicted molar refractivity (Wildman–Crippen MR) is 113 cm³/mol. The summed E-state index contributed by atoms with van der Waals surface area (Å²) in [7, 11) is 0. The van der Waals surface area contributed by atoms with E-state index in [0.717, 1.165) is 4.68 Å². The molecule has 14 heteroatoms. The van der Waals surface area contributed by atoms with Gasteiger partial charge in [-0.1, -0.05) is 23.2 Å². The molecule has 0 spiro atoms. The first kappa shape index (κ1) is 21.6. The van der Waals surface area contributed by atoms with Crippen LogP contribution in [0.3, 0.4) is 0 Å². The van der Waals surface area contributed by atoms with Gasteiger partial charge in [0.1, 0.15) is 11.8 Å². The molecule has 3 aromatic rings. The van der Waals surface area contributed by atoms with Crippen LogP contribution in [0.2, 0.25) is 10.0 Å². The van der Waals surface area contributed by atoms with Crippen LogP contribution in [0.15, 0.2) is 32.6 Å². The Morgan fingerprint density at radius 3 is 2.44 bits per heavy atom. The number of halogens is 2. The maximum absolute atomic E-state index is 12.2. The van der Waals surface area contributed by atoms with E-state index in [1.54, 1.807) is 6.07 Å². The maximum atomic E-state index is 12.2. The molecule has 1 aliphatic heterocycles. The Hall–Kier alpha value is -3.66. The zero-order valence-electron chi connectivity index (χ0n) is 16.1. The number of benzene rings is 1. The number of nitrogens with one attached hydrogen (secondary N) is 2. The fourth-order valence-corrected chi connectivity index (χ4v) is 3.54. The van der Waals surface area contributed by atoms with E-state index in [4.69, 9.17) is 37.9 Å². The van der Waals surface area contributed by atoms with E-state index < -0.39 is 16.9 Å². The molecule has 0 aliphatic carbocycles. The molecule has 2 N–H and O–H groups in total. The van der Waals surface area contributed by atoms with Gasteiger partial charge < -0.3 is 14.4 Å². The van der Waals surface area contributed by atoms with Crippen molar-refractivity contribution in [2.45, 2.75) is 0 Å². The monoisotopic (exact) mass is 477 g/mol. The van der Waals surface area contributed by atoms with Gasteiger partial charge in [-0.2, -0.15) is 9.94 Å². The Morgan fingerprint density at radius 1 is 1.09 bits per heavy atom. The van der Waals surface area contributed by atoms with Crippen molar-refractivity contribution in [3.8, 4) is 23.4 Å². The lowest BCUT2D eigenvalue weighted by molar-refractivity contribution is 0.122. The van der Waals surface area contributed by atoms with Gasteiger partial charge in [0.05, 0.1) is 28.9 Å². The molecule has 0 unspecified atom stereocenters. The third kappa shape index (κ3) is 4.22. The number of nitriles is 1. The number of anilines is 1. The van der Waals surface area contributed by atoms with E-state index in [1.165, 1.54) is 18.2 Å². The highest BCUT2D eigenvalue weighted by molar-refractivity contribution is 6.37. The van der Waals surface area contributed by atoms with Crippen molar-refractivity contribution in [1.29, 1.82) is 5.26 Å². The Kier molecular flexibility index (Phi) is 5.95. The summed E-state index contributed by atoms with van der Waals surface area (Å²) in [4.78, 5) is 39.6. The first-order chi connectivity index (χ1) is 15.4. The summed E-state index contributed by atoms with van der Waals surface area (Å²) >= 11 is 12.6. The lowest BCUT2D eigenvalue weighted by Crippen LogP contribution is -2.39. The summed E-state index contributed by atoms with van der Waals surface area (Å²) in [5, 5.41) is 18.9. The predicted octanol–water partition coefficient (Wildman–Crippen LogP) is 0.811. The number of morpholine rings is 1. The lowest BCUT2D eigenvalue weighted by Gasteiger charge is -2.27. The largest absolute Gasteiger partial charge is 0.434 e. The van der Waals surface area contributed by atoms with Crippen molar-refractivity contribution < 1.29 is 9.47 Å². The summed E-state index contributed by atoms with van der Waals surface area (Å²) in [6.45, 7) is 2.05. The van der Waals surface area contributed by atoms with Crippen LogP contribution in [-0.2, 0) is 4.74 Å². The second kappa shape index (κ2) is 8.83. The maximum Gasteiger partial charge on any atom is 0.349 e. The second-order valence-electron chi connectivity index (χ2n) is 6.49. The lowest BCUT2D eigenvalue weighted by atomic mass is 10.3. The molecule has 2 aromatic heterocycles. The van der Waals surface area contributed by atoms with Crippen LogP contribution in [0.4, 0.5) is 5.69 Å². The van der Waals surface area contributed by atoms with Crippen LogP contribution < -0.4 is 26.4 Å². The molecule has 1 aromatic carbocycles. The fourth-order valence-electron chi connectivity index (χ4n) is 2.99. The second-order valence-corrected chi connectivity index (χ2v) is 7.31. The number of aromatic nitrogens is 5. The Labute approximate surface area is 188 Å². The molecule has 164 valence electrons. The molecule has 1 fully saturated rings. The molecular weight excluding hydrogens is 465 g/mol. The van der Waals surface area contributed by atoms with Gasteiger partial charge in [0, 0.05) is 19.2 Å². The SMILES string of the molecule is N#Cc1nn(-c2cc(Cl)c(Oc3cc(N4CCOCC4)c(=O)[nH]n3)c(Cl)c2)c(=O)[nH]c1=O. The van der Waals surface area contributed by atoms with Crippen LogP contribution in [0.25, 0.3) is 5.69 Å². The molecule has 3 heterocycles. The standard InChI is InChI=1S/C18H13Cl2N7O5/c19-10-5-9(27-18(30)22-16(28)12(8-21)25-27)6-11(20)15(10)32-14-7-13(17(29)24-23-14)26-1-3-31-4-2-26/h5-7H,1-4H2,(H,24,29)(H,22,28,30). The van der Waals surface area contributed by atoms with Crippen molar-refractivity contribution in [3.63, 3.8) is 0 Å². The quantitative estimate of drug-likeness (QED) is 0.553. The van der Waals surface area contributed by atoms with Crippen LogP contribution >= 0.6 is 23.2 Å². The van der Waals surface area contributed by atoms with Crippen molar-refractivity contribution >= 4 is 28.9 Å². The summed E-state index contributed by atoms with van der Waals surface area (Å²) in [5.41, 5.74) is -2.24. The molecule has 1 aliphatic rings. The zero-order valence-corrected chi connectivity index (χ0v) is 17.6. The molecule has 0 radical (unpaired) electrons. The Bertz CT molecular complexity index is 1380. The highest BCUT2D eigenvalue weighted by atomic mass is 35.5. The Morgan fingerprint density at radius 2 is 1.78 bits per heavy atom. The minimum absolute atomic E-state index is 0.00756. The highest BCUT2D eigenvalue weighted by Crippen LogP contribution is 2.37. The third-order valence-electron chi connectivity index (χ3n) is 4.48. The van der Waals surface area contributed by atoms with E-state index in [2.05, 4.69) is 15.3 Å². The van der Waals surface area contributed by atoms with E-state index in [9.17, 15) is 14.4 Å². The van der Waals surface area contributed by atoms with E-state index >= 15 is 0 Å². The van der Waals surface area contributed by atoms with Crippen molar-refractivity contribution in [3.05, 3.63) is 65.1 Å². The van der Waals surface area contributed by atoms with Gasteiger partial charge >= 0.3 is 5.69 Å². The number of H-pyrrole nitrogens is 2. The molecule has 0 saturated carbocycles. The smallest absolute Gasteiger partial charge is 0.349 e. The number of aromatic amines is 2. The van der Waals surface area contributed by atoms with Gasteiger partial charge in [-0.25, -0.2) is 9.89 Å². The van der Waals surface area contributed by atoms with Crippen LogP contribution in [-0.4, -0.2) is 51.3 Å². The van der Waals surface area contributed by atoms with Gasteiger partial charge in [0.25, 0.3) is 11.1 Å². The number of nitrogens with zero attached hydrogens (tertiary/aromatic N) is 5. The molecule has 4 rings (SSSR count). The minimum Gasteiger partial charge on any atom is -0.434 e. The van der Waals surface area contributed by atoms with Crippen molar-refractivity contribution in [2.75, 3.05) is 31.2 Å². The third-order valence-corrected chi connectivity index (χ3v) is 5.04. The highest BCUT2D eigenvalue weighted by Gasteiger charge is 2.19. The normalized spacial score (nSPS) is 13.6.